The Morgan fingerprint density at radius 1 is 1.04 bits per heavy atom. The zero-order valence-electron chi connectivity index (χ0n) is 15.2. The van der Waals surface area contributed by atoms with Crippen LogP contribution in [0.15, 0.2) is 59.3 Å². The smallest absolute Gasteiger partial charge is 0.289 e. The van der Waals surface area contributed by atoms with Gasteiger partial charge in [-0.2, -0.15) is 0 Å². The van der Waals surface area contributed by atoms with E-state index in [0.29, 0.717) is 30.4 Å². The highest BCUT2D eigenvalue weighted by molar-refractivity contribution is 6.31. The molecule has 1 amide bonds. The molecule has 0 aliphatic carbocycles. The van der Waals surface area contributed by atoms with E-state index in [2.05, 4.69) is 15.4 Å². The molecule has 4 aromatic rings. The Hall–Kier alpha value is -2.99. The minimum absolute atomic E-state index is 0.0575. The van der Waals surface area contributed by atoms with E-state index in [4.69, 9.17) is 21.0 Å². The SMILES string of the molecule is O=C(c1ccco1)N1CCCN(c2nc3cc(Cl)ccc3n3cccc23)CC1. The van der Waals surface area contributed by atoms with Crippen molar-refractivity contribution in [3.63, 3.8) is 0 Å². The van der Waals surface area contributed by atoms with Gasteiger partial charge in [0, 0.05) is 37.4 Å². The molecule has 0 spiro atoms. The predicted octanol–water partition coefficient (Wildman–Crippen LogP) is 4.09. The third-order valence-electron chi connectivity index (χ3n) is 5.22. The molecule has 0 unspecified atom stereocenters. The molecule has 7 heteroatoms. The van der Waals surface area contributed by atoms with E-state index in [1.807, 2.05) is 35.4 Å². The summed E-state index contributed by atoms with van der Waals surface area (Å²) in [4.78, 5) is 21.6. The van der Waals surface area contributed by atoms with Crippen molar-refractivity contribution in [1.82, 2.24) is 14.3 Å². The molecule has 0 saturated carbocycles. The number of anilines is 1. The number of aromatic nitrogens is 2. The molecule has 1 saturated heterocycles. The molecule has 5 rings (SSSR count). The molecule has 0 bridgehead atoms. The molecule has 4 heterocycles. The lowest BCUT2D eigenvalue weighted by Gasteiger charge is -2.24. The number of amides is 1. The van der Waals surface area contributed by atoms with Crippen molar-refractivity contribution in [2.45, 2.75) is 6.42 Å². The maximum absolute atomic E-state index is 12.6. The van der Waals surface area contributed by atoms with Crippen LogP contribution in [0.3, 0.4) is 0 Å². The standard InChI is InChI=1S/C21H19ClN4O2/c22-15-6-7-17-16(14-15)23-20(18-4-1-10-26(17)18)24-8-3-9-25(12-11-24)21(27)19-5-2-13-28-19/h1-2,4-7,10,13-14H,3,8-9,11-12H2. The summed E-state index contributed by atoms with van der Waals surface area (Å²) in [7, 11) is 0. The van der Waals surface area contributed by atoms with Crippen molar-refractivity contribution in [2.24, 2.45) is 0 Å². The van der Waals surface area contributed by atoms with E-state index in [9.17, 15) is 4.79 Å². The van der Waals surface area contributed by atoms with E-state index in [0.717, 1.165) is 35.3 Å². The van der Waals surface area contributed by atoms with Crippen LogP contribution in [-0.2, 0) is 0 Å². The first-order valence-electron chi connectivity index (χ1n) is 9.35. The monoisotopic (exact) mass is 394 g/mol. The first-order chi connectivity index (χ1) is 13.7. The topological polar surface area (TPSA) is 54.0 Å². The Bertz CT molecular complexity index is 1150. The summed E-state index contributed by atoms with van der Waals surface area (Å²) < 4.78 is 7.42. The predicted molar refractivity (Wildman–Crippen MR) is 109 cm³/mol. The van der Waals surface area contributed by atoms with Crippen LogP contribution in [0.1, 0.15) is 17.0 Å². The van der Waals surface area contributed by atoms with Gasteiger partial charge < -0.3 is 18.6 Å². The second kappa shape index (κ2) is 6.87. The number of nitrogens with zero attached hydrogens (tertiary/aromatic N) is 4. The first kappa shape index (κ1) is 17.1. The van der Waals surface area contributed by atoms with Crippen LogP contribution in [0.2, 0.25) is 5.02 Å². The summed E-state index contributed by atoms with van der Waals surface area (Å²) in [5.74, 6) is 1.26. The number of furan rings is 1. The Kier molecular flexibility index (Phi) is 4.20. The van der Waals surface area contributed by atoms with Crippen molar-refractivity contribution < 1.29 is 9.21 Å². The number of carbonyl (C=O) groups is 1. The van der Waals surface area contributed by atoms with Gasteiger partial charge in [-0.3, -0.25) is 4.79 Å². The lowest BCUT2D eigenvalue weighted by molar-refractivity contribution is 0.0735. The number of hydrogen-bond donors (Lipinski definition) is 0. The van der Waals surface area contributed by atoms with E-state index < -0.39 is 0 Å². The lowest BCUT2D eigenvalue weighted by Crippen LogP contribution is -2.35. The third kappa shape index (κ3) is 2.90. The first-order valence-corrected chi connectivity index (χ1v) is 9.72. The van der Waals surface area contributed by atoms with E-state index in [1.54, 1.807) is 12.1 Å². The van der Waals surface area contributed by atoms with Gasteiger partial charge in [-0.15, -0.1) is 0 Å². The van der Waals surface area contributed by atoms with Crippen LogP contribution in [0.4, 0.5) is 5.82 Å². The molecule has 28 heavy (non-hydrogen) atoms. The number of hydrogen-bond acceptors (Lipinski definition) is 4. The van der Waals surface area contributed by atoms with Crippen molar-refractivity contribution in [3.8, 4) is 0 Å². The molecule has 0 radical (unpaired) electrons. The average Bonchev–Trinajstić information content (AvgIpc) is 3.35. The van der Waals surface area contributed by atoms with Gasteiger partial charge in [-0.25, -0.2) is 4.98 Å². The van der Waals surface area contributed by atoms with E-state index >= 15 is 0 Å². The summed E-state index contributed by atoms with van der Waals surface area (Å²) in [6, 6.07) is 13.3. The highest BCUT2D eigenvalue weighted by atomic mass is 35.5. The molecule has 1 aliphatic heterocycles. The second-order valence-electron chi connectivity index (χ2n) is 6.94. The Labute approximate surface area is 166 Å². The molecule has 1 aromatic carbocycles. The quantitative estimate of drug-likeness (QED) is 0.514. The molecule has 0 atom stereocenters. The Balaban J connectivity index is 1.48. The van der Waals surface area contributed by atoms with Gasteiger partial charge in [0.25, 0.3) is 5.91 Å². The van der Waals surface area contributed by atoms with Crippen molar-refractivity contribution in [2.75, 3.05) is 31.1 Å². The largest absolute Gasteiger partial charge is 0.459 e. The minimum atomic E-state index is -0.0575. The fraction of sp³-hybridized carbons (Fsp3) is 0.238. The van der Waals surface area contributed by atoms with Crippen LogP contribution >= 0.6 is 11.6 Å². The maximum Gasteiger partial charge on any atom is 0.289 e. The molecule has 1 aliphatic rings. The minimum Gasteiger partial charge on any atom is -0.459 e. The van der Waals surface area contributed by atoms with Crippen LogP contribution in [0.25, 0.3) is 16.6 Å². The lowest BCUT2D eigenvalue weighted by atomic mass is 10.2. The van der Waals surface area contributed by atoms with Crippen LogP contribution < -0.4 is 4.90 Å². The highest BCUT2D eigenvalue weighted by Gasteiger charge is 2.24. The average molecular weight is 395 g/mol. The fourth-order valence-electron chi connectivity index (χ4n) is 3.86. The Morgan fingerprint density at radius 2 is 1.96 bits per heavy atom. The Morgan fingerprint density at radius 3 is 2.82 bits per heavy atom. The maximum atomic E-state index is 12.6. The molecule has 142 valence electrons. The van der Waals surface area contributed by atoms with Crippen LogP contribution in [0, 0.1) is 0 Å². The number of fused-ring (bicyclic) bond motifs is 3. The molecule has 6 nitrogen and oxygen atoms in total. The van der Waals surface area contributed by atoms with E-state index in [-0.39, 0.29) is 5.91 Å². The van der Waals surface area contributed by atoms with Gasteiger partial charge >= 0.3 is 0 Å². The number of carbonyl (C=O) groups excluding carboxylic acids is 1. The van der Waals surface area contributed by atoms with Gasteiger partial charge in [-0.05, 0) is 48.9 Å². The van der Waals surface area contributed by atoms with Gasteiger partial charge in [0.05, 0.1) is 22.8 Å². The van der Waals surface area contributed by atoms with Crippen LogP contribution in [-0.4, -0.2) is 46.4 Å². The summed E-state index contributed by atoms with van der Waals surface area (Å²) >= 11 is 6.19. The van der Waals surface area contributed by atoms with Gasteiger partial charge in [0.1, 0.15) is 0 Å². The number of rotatable bonds is 2. The van der Waals surface area contributed by atoms with Gasteiger partial charge in [0.2, 0.25) is 0 Å². The normalized spacial score (nSPS) is 15.3. The van der Waals surface area contributed by atoms with Crippen LogP contribution in [0.5, 0.6) is 0 Å². The summed E-state index contributed by atoms with van der Waals surface area (Å²) in [5.41, 5.74) is 2.94. The molecule has 3 aromatic heterocycles. The summed E-state index contributed by atoms with van der Waals surface area (Å²) in [6.45, 7) is 2.88. The molecule has 1 fully saturated rings. The number of halogens is 1. The second-order valence-corrected chi connectivity index (χ2v) is 7.38. The molecular weight excluding hydrogens is 376 g/mol. The fourth-order valence-corrected chi connectivity index (χ4v) is 4.02. The summed E-state index contributed by atoms with van der Waals surface area (Å²) in [6.07, 6.45) is 4.45. The zero-order chi connectivity index (χ0) is 19.1. The highest BCUT2D eigenvalue weighted by Crippen LogP contribution is 2.28. The van der Waals surface area contributed by atoms with E-state index in [1.165, 1.54) is 6.26 Å². The zero-order valence-corrected chi connectivity index (χ0v) is 16.0. The third-order valence-corrected chi connectivity index (χ3v) is 5.45. The van der Waals surface area contributed by atoms with Crippen molar-refractivity contribution in [3.05, 3.63) is 65.7 Å². The molecular formula is C21H19ClN4O2. The van der Waals surface area contributed by atoms with Gasteiger partial charge in [-0.1, -0.05) is 11.6 Å². The molecule has 0 N–H and O–H groups in total. The van der Waals surface area contributed by atoms with Gasteiger partial charge in [0.15, 0.2) is 11.6 Å². The number of benzene rings is 1. The summed E-state index contributed by atoms with van der Waals surface area (Å²) in [5, 5.41) is 0.670. The van der Waals surface area contributed by atoms with Crippen molar-refractivity contribution in [1.29, 1.82) is 0 Å². The van der Waals surface area contributed by atoms with Crippen molar-refractivity contribution >= 4 is 39.9 Å².